The summed E-state index contributed by atoms with van der Waals surface area (Å²) in [6, 6.07) is 12.3. The number of aromatic nitrogens is 2. The van der Waals surface area contributed by atoms with Crippen molar-refractivity contribution in [1.82, 2.24) is 9.97 Å². The molecule has 1 aliphatic rings. The van der Waals surface area contributed by atoms with E-state index >= 15 is 0 Å². The lowest BCUT2D eigenvalue weighted by molar-refractivity contribution is 0.544. The Labute approximate surface area is 183 Å². The monoisotopic (exact) mass is 442 g/mol. The predicted molar refractivity (Wildman–Crippen MR) is 129 cm³/mol. The Kier molecular flexibility index (Phi) is 5.70. The minimum atomic E-state index is -3.30. The van der Waals surface area contributed by atoms with Crippen molar-refractivity contribution in [2.45, 2.75) is 32.9 Å². The van der Waals surface area contributed by atoms with Crippen LogP contribution < -0.4 is 19.8 Å². The van der Waals surface area contributed by atoms with Crippen molar-refractivity contribution in [3.8, 4) is 0 Å². The molecule has 0 spiro atoms. The third kappa shape index (κ3) is 4.87. The quantitative estimate of drug-likeness (QED) is 0.541. The molecule has 8 nitrogen and oxygen atoms in total. The largest absolute Gasteiger partial charge is 0.380 e. The van der Waals surface area contributed by atoms with Crippen LogP contribution in [0.4, 0.5) is 23.0 Å². The first-order valence-electron chi connectivity index (χ1n) is 10.5. The van der Waals surface area contributed by atoms with Crippen LogP contribution >= 0.6 is 0 Å². The van der Waals surface area contributed by atoms with Crippen LogP contribution in [0, 0.1) is 0 Å². The number of piperazine rings is 1. The van der Waals surface area contributed by atoms with Crippen LogP contribution in [0.15, 0.2) is 42.6 Å². The molecule has 2 aromatic heterocycles. The maximum atomic E-state index is 11.5. The second-order valence-electron chi connectivity index (χ2n) is 8.49. The molecule has 1 aliphatic heterocycles. The zero-order valence-electron chi connectivity index (χ0n) is 18.4. The van der Waals surface area contributed by atoms with Crippen molar-refractivity contribution in [1.29, 1.82) is 0 Å². The lowest BCUT2D eigenvalue weighted by atomic mass is 10.1. The Hall–Kier alpha value is -2.94. The van der Waals surface area contributed by atoms with Gasteiger partial charge >= 0.3 is 0 Å². The van der Waals surface area contributed by atoms with Crippen molar-refractivity contribution < 1.29 is 8.42 Å². The van der Waals surface area contributed by atoms with Crippen LogP contribution in [0.3, 0.4) is 0 Å². The van der Waals surface area contributed by atoms with Gasteiger partial charge in [0.15, 0.2) is 5.82 Å². The van der Waals surface area contributed by atoms with Gasteiger partial charge in [0.25, 0.3) is 0 Å². The molecule has 4 rings (SSSR count). The van der Waals surface area contributed by atoms with Gasteiger partial charge in [-0.2, -0.15) is 0 Å². The first-order chi connectivity index (χ1) is 14.7. The lowest BCUT2D eigenvalue weighted by Gasteiger charge is -2.41. The molecule has 1 aromatic carbocycles. The second kappa shape index (κ2) is 8.30. The molecule has 9 heteroatoms. The van der Waals surface area contributed by atoms with Gasteiger partial charge in [0.05, 0.1) is 11.9 Å². The third-order valence-electron chi connectivity index (χ3n) is 5.38. The summed E-state index contributed by atoms with van der Waals surface area (Å²) in [6.45, 7) is 9.06. The number of anilines is 4. The minimum absolute atomic E-state index is 0.282. The number of pyridine rings is 1. The van der Waals surface area contributed by atoms with Gasteiger partial charge in [0.1, 0.15) is 5.82 Å². The van der Waals surface area contributed by atoms with Crippen molar-refractivity contribution in [2.24, 2.45) is 0 Å². The Morgan fingerprint density at radius 3 is 2.71 bits per heavy atom. The highest BCUT2D eigenvalue weighted by molar-refractivity contribution is 7.92. The maximum absolute atomic E-state index is 11.5. The van der Waals surface area contributed by atoms with E-state index in [2.05, 4.69) is 62.7 Å². The number of benzene rings is 1. The number of nitrogens with one attached hydrogen (secondary N) is 3. The number of hydrogen-bond donors (Lipinski definition) is 3. The highest BCUT2D eigenvalue weighted by Crippen LogP contribution is 2.30. The van der Waals surface area contributed by atoms with Gasteiger partial charge in [-0.3, -0.25) is 4.72 Å². The number of fused-ring (bicyclic) bond motifs is 1. The van der Waals surface area contributed by atoms with Crippen LogP contribution in [-0.2, 0) is 10.0 Å². The highest BCUT2D eigenvalue weighted by Gasteiger charge is 2.27. The van der Waals surface area contributed by atoms with Crippen molar-refractivity contribution in [2.75, 3.05) is 45.7 Å². The summed E-state index contributed by atoms with van der Waals surface area (Å²) in [5.41, 5.74) is 2.62. The van der Waals surface area contributed by atoms with Crippen molar-refractivity contribution >= 4 is 43.9 Å². The number of aromatic amines is 1. The van der Waals surface area contributed by atoms with E-state index in [-0.39, 0.29) is 6.04 Å². The van der Waals surface area contributed by atoms with E-state index in [0.717, 1.165) is 54.1 Å². The molecular weight excluding hydrogens is 412 g/mol. The van der Waals surface area contributed by atoms with Gasteiger partial charge in [-0.1, -0.05) is 0 Å². The molecule has 31 heavy (non-hydrogen) atoms. The zero-order valence-corrected chi connectivity index (χ0v) is 19.2. The Balaban J connectivity index is 1.52. The molecule has 166 valence electrons. The molecule has 1 atom stereocenters. The van der Waals surface area contributed by atoms with E-state index in [1.165, 1.54) is 0 Å². The summed E-state index contributed by atoms with van der Waals surface area (Å²) in [5, 5.41) is 4.47. The lowest BCUT2D eigenvalue weighted by Crippen LogP contribution is -2.52. The van der Waals surface area contributed by atoms with Crippen LogP contribution in [0.25, 0.3) is 10.9 Å². The van der Waals surface area contributed by atoms with Gasteiger partial charge in [0.2, 0.25) is 10.0 Å². The molecule has 3 N–H and O–H groups in total. The molecule has 1 fully saturated rings. The van der Waals surface area contributed by atoms with E-state index in [1.807, 2.05) is 24.4 Å². The summed E-state index contributed by atoms with van der Waals surface area (Å²) in [7, 11) is -3.30. The third-order valence-corrected chi connectivity index (χ3v) is 5.98. The number of nitrogens with zero attached hydrogens (tertiary/aromatic N) is 3. The molecule has 0 amide bonds. The molecule has 0 saturated carbocycles. The fraction of sp³-hybridized carbons (Fsp3) is 0.409. The van der Waals surface area contributed by atoms with E-state index in [1.54, 1.807) is 6.07 Å². The molecule has 3 aromatic rings. The summed E-state index contributed by atoms with van der Waals surface area (Å²) < 4.78 is 25.6. The number of sulfonamides is 1. The van der Waals surface area contributed by atoms with E-state index in [0.29, 0.717) is 11.7 Å². The average molecular weight is 443 g/mol. The van der Waals surface area contributed by atoms with Crippen LogP contribution in [0.5, 0.6) is 0 Å². The van der Waals surface area contributed by atoms with Crippen molar-refractivity contribution in [3.63, 3.8) is 0 Å². The number of hydrogen-bond acceptors (Lipinski definition) is 6. The molecule has 0 radical (unpaired) electrons. The van der Waals surface area contributed by atoms with E-state index in [9.17, 15) is 8.42 Å². The maximum Gasteiger partial charge on any atom is 0.229 e. The summed E-state index contributed by atoms with van der Waals surface area (Å²) in [5.74, 6) is 2.04. The van der Waals surface area contributed by atoms with E-state index in [4.69, 9.17) is 0 Å². The number of H-pyrrole nitrogens is 1. The summed E-state index contributed by atoms with van der Waals surface area (Å²) in [4.78, 5) is 12.8. The average Bonchev–Trinajstić information content (AvgIpc) is 3.09. The molecule has 0 bridgehead atoms. The Morgan fingerprint density at radius 2 is 2.00 bits per heavy atom. The standard InChI is InChI=1S/C22H30N6O2S/c1-15(2)24-20-6-5-9-23-22(20)27-10-11-28(16(3)14-27)21-13-17-12-18(26-31(4,29)30)7-8-19(17)25-21/h5-9,12-13,15-16,24-26H,10-11,14H2,1-4H3. The molecule has 0 aliphatic carbocycles. The van der Waals surface area contributed by atoms with Gasteiger partial charge in [-0.05, 0) is 57.2 Å². The first kappa shape index (κ1) is 21.3. The molecule has 1 unspecified atom stereocenters. The molecule has 3 heterocycles. The van der Waals surface area contributed by atoms with Gasteiger partial charge in [-0.15, -0.1) is 0 Å². The molecule has 1 saturated heterocycles. The zero-order chi connectivity index (χ0) is 22.2. The van der Waals surface area contributed by atoms with Crippen LogP contribution in [0.1, 0.15) is 20.8 Å². The Bertz CT molecular complexity index is 1170. The fourth-order valence-corrected chi connectivity index (χ4v) is 4.69. The predicted octanol–water partition coefficient (Wildman–Crippen LogP) is 3.47. The highest BCUT2D eigenvalue weighted by atomic mass is 32.2. The van der Waals surface area contributed by atoms with Crippen LogP contribution in [0.2, 0.25) is 0 Å². The number of rotatable bonds is 6. The topological polar surface area (TPSA) is 93.4 Å². The summed E-state index contributed by atoms with van der Waals surface area (Å²) in [6.07, 6.45) is 3.00. The SMILES string of the molecule is CC(C)Nc1cccnc1N1CCN(c2cc3cc(NS(C)(=O)=O)ccc3[nH]2)C(C)C1. The second-order valence-corrected chi connectivity index (χ2v) is 10.2. The molecular formula is C22H30N6O2S. The Morgan fingerprint density at radius 1 is 1.19 bits per heavy atom. The first-order valence-corrected chi connectivity index (χ1v) is 12.4. The van der Waals surface area contributed by atoms with Gasteiger partial charge in [-0.25, -0.2) is 13.4 Å². The van der Waals surface area contributed by atoms with Gasteiger partial charge < -0.3 is 20.1 Å². The fourth-order valence-electron chi connectivity index (χ4n) is 4.13. The van der Waals surface area contributed by atoms with Gasteiger partial charge in [0, 0.05) is 54.5 Å². The van der Waals surface area contributed by atoms with Crippen molar-refractivity contribution in [3.05, 3.63) is 42.6 Å². The summed E-state index contributed by atoms with van der Waals surface area (Å²) >= 11 is 0. The minimum Gasteiger partial charge on any atom is -0.380 e. The smallest absolute Gasteiger partial charge is 0.229 e. The normalized spacial score (nSPS) is 17.4. The van der Waals surface area contributed by atoms with E-state index < -0.39 is 10.0 Å². The van der Waals surface area contributed by atoms with Crippen LogP contribution in [-0.4, -0.2) is 56.4 Å².